The maximum absolute atomic E-state index is 13.0. The molecule has 1 aromatic carbocycles. The van der Waals surface area contributed by atoms with Crippen LogP contribution in [0.15, 0.2) is 35.9 Å². The number of benzene rings is 1. The summed E-state index contributed by atoms with van der Waals surface area (Å²) in [6.45, 7) is 0. The lowest BCUT2D eigenvalue weighted by atomic mass is 9.61. The van der Waals surface area contributed by atoms with E-state index in [9.17, 15) is 9.59 Å². The Morgan fingerprint density at radius 2 is 1.78 bits per heavy atom. The number of carbonyl (C=O) groups excluding carboxylic acids is 2. The highest BCUT2D eigenvalue weighted by Gasteiger charge is 2.45. The van der Waals surface area contributed by atoms with Crippen LogP contribution in [0.2, 0.25) is 5.02 Å². The molecule has 0 N–H and O–H groups in total. The van der Waals surface area contributed by atoms with Gasteiger partial charge >= 0.3 is 0 Å². The van der Waals surface area contributed by atoms with Crippen LogP contribution in [0, 0.1) is 0 Å². The van der Waals surface area contributed by atoms with Crippen LogP contribution in [0.4, 0.5) is 0 Å². The third-order valence-electron chi connectivity index (χ3n) is 5.35. The Morgan fingerprint density at radius 1 is 1.04 bits per heavy atom. The van der Waals surface area contributed by atoms with Crippen molar-refractivity contribution in [3.8, 4) is 0 Å². The summed E-state index contributed by atoms with van der Waals surface area (Å²) in [5.41, 5.74) is 1.40. The van der Waals surface area contributed by atoms with Gasteiger partial charge in [0.2, 0.25) is 0 Å². The molecular weight excluding hydrogens is 308 g/mol. The number of Topliss-reactive ketones (excluding diaryl/α,β-unsaturated/α-hetero) is 2. The molecule has 2 aliphatic rings. The van der Waals surface area contributed by atoms with E-state index in [1.807, 2.05) is 30.3 Å². The van der Waals surface area contributed by atoms with Crippen LogP contribution in [-0.2, 0) is 15.0 Å². The molecule has 1 saturated carbocycles. The van der Waals surface area contributed by atoms with Crippen molar-refractivity contribution in [2.45, 2.75) is 63.2 Å². The lowest BCUT2D eigenvalue weighted by molar-refractivity contribution is -0.128. The first kappa shape index (κ1) is 16.4. The Labute approximate surface area is 142 Å². The summed E-state index contributed by atoms with van der Waals surface area (Å²) in [6, 6.07) is 7.64. The number of halogens is 1. The smallest absolute Gasteiger partial charge is 0.158 e. The summed E-state index contributed by atoms with van der Waals surface area (Å²) in [5.74, 6) is 0.370. The first-order valence-corrected chi connectivity index (χ1v) is 9.01. The van der Waals surface area contributed by atoms with Gasteiger partial charge in [0.1, 0.15) is 5.78 Å². The maximum Gasteiger partial charge on any atom is 0.158 e. The fraction of sp³-hybridized carbons (Fsp3) is 0.500. The van der Waals surface area contributed by atoms with E-state index in [1.54, 1.807) is 0 Å². The SMILES string of the molecule is O=C1CCCCC/C=C\1CC(=O)C1(c2ccc(Cl)cc2)CCC1. The first-order chi connectivity index (χ1) is 11.1. The van der Waals surface area contributed by atoms with E-state index >= 15 is 0 Å². The number of carbonyl (C=O) groups is 2. The third-order valence-corrected chi connectivity index (χ3v) is 5.60. The molecule has 0 unspecified atom stereocenters. The first-order valence-electron chi connectivity index (χ1n) is 8.63. The van der Waals surface area contributed by atoms with Gasteiger partial charge in [-0.2, -0.15) is 0 Å². The fourth-order valence-electron chi connectivity index (χ4n) is 3.70. The Bertz CT molecular complexity index is 624. The molecule has 122 valence electrons. The van der Waals surface area contributed by atoms with Gasteiger partial charge in [-0.3, -0.25) is 9.59 Å². The minimum absolute atomic E-state index is 0.170. The molecule has 23 heavy (non-hydrogen) atoms. The van der Waals surface area contributed by atoms with Crippen LogP contribution in [0.3, 0.4) is 0 Å². The van der Waals surface area contributed by atoms with Crippen molar-refractivity contribution in [3.05, 3.63) is 46.5 Å². The van der Waals surface area contributed by atoms with Crippen LogP contribution < -0.4 is 0 Å². The molecule has 1 aromatic rings. The second-order valence-corrected chi connectivity index (χ2v) is 7.23. The van der Waals surface area contributed by atoms with Crippen molar-refractivity contribution in [2.24, 2.45) is 0 Å². The molecule has 2 nitrogen and oxygen atoms in total. The molecule has 1 fully saturated rings. The standard InChI is InChI=1S/C20H23ClO2/c21-17-10-8-16(9-11-17)20(12-5-13-20)19(23)14-15-6-3-1-2-4-7-18(15)22/h6,8-11H,1-5,7,12-14H2/b15-6-. The van der Waals surface area contributed by atoms with Gasteiger partial charge in [0.05, 0.1) is 5.41 Å². The minimum Gasteiger partial charge on any atom is -0.298 e. The Kier molecular flexibility index (Phi) is 5.01. The van der Waals surface area contributed by atoms with Crippen LogP contribution in [0.5, 0.6) is 0 Å². The predicted molar refractivity (Wildman–Crippen MR) is 92.8 cm³/mol. The van der Waals surface area contributed by atoms with E-state index in [1.165, 1.54) is 0 Å². The summed E-state index contributed by atoms with van der Waals surface area (Å²) in [7, 11) is 0. The van der Waals surface area contributed by atoms with Gasteiger partial charge in [0, 0.05) is 17.9 Å². The Hall–Kier alpha value is -1.41. The maximum atomic E-state index is 13.0. The van der Waals surface area contributed by atoms with Gasteiger partial charge in [-0.05, 0) is 55.4 Å². The molecule has 0 bridgehead atoms. The van der Waals surface area contributed by atoms with Crippen LogP contribution >= 0.6 is 11.6 Å². The van der Waals surface area contributed by atoms with Crippen molar-refractivity contribution in [2.75, 3.05) is 0 Å². The topological polar surface area (TPSA) is 34.1 Å². The van der Waals surface area contributed by atoms with E-state index in [4.69, 9.17) is 11.6 Å². The summed E-state index contributed by atoms with van der Waals surface area (Å²) in [6.07, 6.45) is 9.83. The lowest BCUT2D eigenvalue weighted by Crippen LogP contribution is -2.42. The van der Waals surface area contributed by atoms with Gasteiger partial charge < -0.3 is 0 Å². The zero-order chi connectivity index (χ0) is 16.3. The summed E-state index contributed by atoms with van der Waals surface area (Å²) in [5, 5.41) is 0.688. The molecule has 0 aliphatic heterocycles. The lowest BCUT2D eigenvalue weighted by Gasteiger charge is -2.41. The van der Waals surface area contributed by atoms with Gasteiger partial charge in [0.25, 0.3) is 0 Å². The van der Waals surface area contributed by atoms with E-state index in [0.29, 0.717) is 17.9 Å². The second-order valence-electron chi connectivity index (χ2n) is 6.79. The quantitative estimate of drug-likeness (QED) is 0.762. The number of hydrogen-bond donors (Lipinski definition) is 0. The van der Waals surface area contributed by atoms with Crippen molar-refractivity contribution in [1.82, 2.24) is 0 Å². The largest absolute Gasteiger partial charge is 0.298 e. The van der Waals surface area contributed by atoms with Crippen LogP contribution in [0.1, 0.15) is 63.4 Å². The minimum atomic E-state index is -0.395. The highest BCUT2D eigenvalue weighted by Crippen LogP contribution is 2.46. The molecular formula is C20H23ClO2. The van der Waals surface area contributed by atoms with Crippen molar-refractivity contribution >= 4 is 23.2 Å². The molecule has 0 amide bonds. The van der Waals surface area contributed by atoms with E-state index in [0.717, 1.165) is 56.1 Å². The summed E-state index contributed by atoms with van der Waals surface area (Å²) in [4.78, 5) is 25.3. The molecule has 0 aromatic heterocycles. The highest BCUT2D eigenvalue weighted by molar-refractivity contribution is 6.30. The molecule has 3 rings (SSSR count). The highest BCUT2D eigenvalue weighted by atomic mass is 35.5. The average molecular weight is 331 g/mol. The van der Waals surface area contributed by atoms with Crippen LogP contribution in [0.25, 0.3) is 0 Å². The zero-order valence-electron chi connectivity index (χ0n) is 13.4. The van der Waals surface area contributed by atoms with E-state index < -0.39 is 5.41 Å². The Balaban J connectivity index is 1.80. The molecule has 0 radical (unpaired) electrons. The van der Waals surface area contributed by atoms with Gasteiger partial charge in [0.15, 0.2) is 5.78 Å². The van der Waals surface area contributed by atoms with Gasteiger partial charge in [-0.1, -0.05) is 42.7 Å². The number of ketones is 2. The third kappa shape index (κ3) is 3.42. The normalized spacial score (nSPS) is 23.2. The second kappa shape index (κ2) is 7.00. The fourth-order valence-corrected chi connectivity index (χ4v) is 3.82. The van der Waals surface area contributed by atoms with E-state index in [-0.39, 0.29) is 11.6 Å². The van der Waals surface area contributed by atoms with Crippen LogP contribution in [-0.4, -0.2) is 11.6 Å². The molecule has 0 spiro atoms. The summed E-state index contributed by atoms with van der Waals surface area (Å²) < 4.78 is 0. The van der Waals surface area contributed by atoms with Crippen molar-refractivity contribution in [3.63, 3.8) is 0 Å². The van der Waals surface area contributed by atoms with Crippen molar-refractivity contribution in [1.29, 1.82) is 0 Å². The Morgan fingerprint density at radius 3 is 2.43 bits per heavy atom. The molecule has 0 saturated heterocycles. The number of rotatable bonds is 4. The monoisotopic (exact) mass is 330 g/mol. The molecule has 3 heteroatoms. The summed E-state index contributed by atoms with van der Waals surface area (Å²) >= 11 is 5.97. The zero-order valence-corrected chi connectivity index (χ0v) is 14.2. The van der Waals surface area contributed by atoms with Gasteiger partial charge in [-0.25, -0.2) is 0 Å². The molecule has 0 heterocycles. The number of hydrogen-bond acceptors (Lipinski definition) is 2. The average Bonchev–Trinajstić information content (AvgIpc) is 2.48. The molecule has 0 atom stereocenters. The van der Waals surface area contributed by atoms with E-state index in [2.05, 4.69) is 0 Å². The van der Waals surface area contributed by atoms with Crippen molar-refractivity contribution < 1.29 is 9.59 Å². The number of allylic oxidation sites excluding steroid dienone is 2. The molecule has 2 aliphatic carbocycles. The van der Waals surface area contributed by atoms with Gasteiger partial charge in [-0.15, -0.1) is 0 Å². The predicted octanol–water partition coefficient (Wildman–Crippen LogP) is 5.18.